The lowest BCUT2D eigenvalue weighted by atomic mass is 9.96. The van der Waals surface area contributed by atoms with E-state index in [1.807, 2.05) is 16.8 Å². The molecule has 0 saturated heterocycles. The SMILES string of the molecule is C[C@@H]1CC(Cc2ccc(C(=O)NO)cc2)C[C@H]1c1nc2c(cnn2C2CCCC2)c(=O)[nH]1. The molecule has 0 aliphatic heterocycles. The molecule has 0 spiro atoms. The fraction of sp³-hybridized carbons (Fsp3) is 0.500. The van der Waals surface area contributed by atoms with Gasteiger partial charge in [-0.3, -0.25) is 14.8 Å². The molecule has 5 rings (SSSR count). The largest absolute Gasteiger partial charge is 0.310 e. The van der Waals surface area contributed by atoms with Crippen LogP contribution in [0.2, 0.25) is 0 Å². The Hall–Kier alpha value is -3.00. The molecule has 3 atom stereocenters. The second-order valence-electron chi connectivity index (χ2n) is 9.48. The minimum atomic E-state index is -0.506. The van der Waals surface area contributed by atoms with Crippen LogP contribution in [0.1, 0.15) is 79.2 Å². The number of hydroxylamine groups is 1. The lowest BCUT2D eigenvalue weighted by Crippen LogP contribution is -2.18. The third-order valence-electron chi connectivity index (χ3n) is 7.32. The average molecular weight is 436 g/mol. The summed E-state index contributed by atoms with van der Waals surface area (Å²) in [7, 11) is 0. The molecule has 2 saturated carbocycles. The van der Waals surface area contributed by atoms with E-state index in [1.165, 1.54) is 12.8 Å². The second-order valence-corrected chi connectivity index (χ2v) is 9.48. The summed E-state index contributed by atoms with van der Waals surface area (Å²) in [5.41, 5.74) is 3.88. The normalized spacial score (nSPS) is 23.8. The van der Waals surface area contributed by atoms with Gasteiger partial charge in [0.2, 0.25) is 0 Å². The Labute approximate surface area is 186 Å². The molecule has 1 aromatic carbocycles. The number of rotatable bonds is 5. The summed E-state index contributed by atoms with van der Waals surface area (Å²) in [6.07, 6.45) is 9.20. The minimum Gasteiger partial charge on any atom is -0.310 e. The lowest BCUT2D eigenvalue weighted by molar-refractivity contribution is 0.0706. The number of carbonyl (C=O) groups excluding carboxylic acids is 1. The second kappa shape index (κ2) is 8.50. The number of nitrogens with one attached hydrogen (secondary N) is 2. The van der Waals surface area contributed by atoms with Crippen LogP contribution in [0.25, 0.3) is 11.0 Å². The zero-order valence-electron chi connectivity index (χ0n) is 18.3. The lowest BCUT2D eigenvalue weighted by Gasteiger charge is -2.16. The first kappa shape index (κ1) is 20.9. The van der Waals surface area contributed by atoms with Gasteiger partial charge in [-0.05, 0) is 61.6 Å². The number of carbonyl (C=O) groups is 1. The molecular formula is C24H29N5O3. The Balaban J connectivity index is 1.35. The number of nitrogens with zero attached hydrogens (tertiary/aromatic N) is 3. The van der Waals surface area contributed by atoms with Gasteiger partial charge in [-0.1, -0.05) is 31.9 Å². The van der Waals surface area contributed by atoms with Crippen LogP contribution in [0.5, 0.6) is 0 Å². The van der Waals surface area contributed by atoms with Crippen LogP contribution < -0.4 is 11.0 Å². The fourth-order valence-corrected chi connectivity index (χ4v) is 5.66. The van der Waals surface area contributed by atoms with Crippen LogP contribution in [0.3, 0.4) is 0 Å². The number of aromatic amines is 1. The molecule has 0 bridgehead atoms. The molecule has 8 heteroatoms. The first-order valence-corrected chi connectivity index (χ1v) is 11.5. The van der Waals surface area contributed by atoms with Crippen LogP contribution in [0, 0.1) is 11.8 Å². The van der Waals surface area contributed by atoms with E-state index in [1.54, 1.807) is 23.8 Å². The van der Waals surface area contributed by atoms with Gasteiger partial charge in [-0.25, -0.2) is 15.1 Å². The summed E-state index contributed by atoms with van der Waals surface area (Å²) in [5.74, 6) is 1.39. The van der Waals surface area contributed by atoms with Crippen molar-refractivity contribution in [3.05, 3.63) is 57.8 Å². The Morgan fingerprint density at radius 2 is 1.97 bits per heavy atom. The molecule has 2 fully saturated rings. The van der Waals surface area contributed by atoms with E-state index in [0.717, 1.165) is 49.1 Å². The third-order valence-corrected chi connectivity index (χ3v) is 7.32. The van der Waals surface area contributed by atoms with E-state index in [0.29, 0.717) is 28.8 Å². The Morgan fingerprint density at radius 1 is 1.22 bits per heavy atom. The van der Waals surface area contributed by atoms with Crippen LogP contribution in [-0.4, -0.2) is 30.9 Å². The molecule has 3 N–H and O–H groups in total. The zero-order valence-corrected chi connectivity index (χ0v) is 18.3. The highest BCUT2D eigenvalue weighted by Crippen LogP contribution is 2.43. The van der Waals surface area contributed by atoms with E-state index < -0.39 is 5.91 Å². The number of hydrogen-bond acceptors (Lipinski definition) is 5. The summed E-state index contributed by atoms with van der Waals surface area (Å²) < 4.78 is 1.97. The van der Waals surface area contributed by atoms with Gasteiger partial charge < -0.3 is 4.98 Å². The van der Waals surface area contributed by atoms with Crippen molar-refractivity contribution in [2.45, 2.75) is 63.8 Å². The molecule has 1 amide bonds. The van der Waals surface area contributed by atoms with Gasteiger partial charge in [0.25, 0.3) is 11.5 Å². The fourth-order valence-electron chi connectivity index (χ4n) is 5.66. The number of benzene rings is 1. The van der Waals surface area contributed by atoms with Gasteiger partial charge in [0, 0.05) is 11.5 Å². The van der Waals surface area contributed by atoms with E-state index in [-0.39, 0.29) is 11.5 Å². The summed E-state index contributed by atoms with van der Waals surface area (Å²) in [6, 6.07) is 7.69. The Morgan fingerprint density at radius 3 is 2.69 bits per heavy atom. The predicted molar refractivity (Wildman–Crippen MR) is 120 cm³/mol. The molecule has 3 aromatic rings. The van der Waals surface area contributed by atoms with Gasteiger partial charge in [-0.2, -0.15) is 5.10 Å². The maximum atomic E-state index is 12.8. The summed E-state index contributed by atoms with van der Waals surface area (Å²) in [5, 5.41) is 13.9. The van der Waals surface area contributed by atoms with Crippen molar-refractivity contribution in [3.8, 4) is 0 Å². The Bertz CT molecular complexity index is 1180. The van der Waals surface area contributed by atoms with Crippen LogP contribution in [0.4, 0.5) is 0 Å². The van der Waals surface area contributed by atoms with Crippen molar-refractivity contribution in [3.63, 3.8) is 0 Å². The third kappa shape index (κ3) is 3.83. The number of fused-ring (bicyclic) bond motifs is 1. The Kier molecular flexibility index (Phi) is 5.55. The van der Waals surface area contributed by atoms with E-state index >= 15 is 0 Å². The molecule has 2 aromatic heterocycles. The van der Waals surface area contributed by atoms with Crippen molar-refractivity contribution in [2.24, 2.45) is 11.8 Å². The highest BCUT2D eigenvalue weighted by molar-refractivity contribution is 5.93. The van der Waals surface area contributed by atoms with E-state index in [9.17, 15) is 9.59 Å². The highest BCUT2D eigenvalue weighted by atomic mass is 16.5. The monoisotopic (exact) mass is 435 g/mol. The van der Waals surface area contributed by atoms with Crippen molar-refractivity contribution in [1.82, 2.24) is 25.2 Å². The average Bonchev–Trinajstić information content (AvgIpc) is 3.53. The first-order chi connectivity index (χ1) is 15.5. The van der Waals surface area contributed by atoms with Crippen LogP contribution in [0.15, 0.2) is 35.3 Å². The summed E-state index contributed by atoms with van der Waals surface area (Å²) in [6.45, 7) is 2.23. The van der Waals surface area contributed by atoms with Gasteiger partial charge in [0.15, 0.2) is 5.65 Å². The highest BCUT2D eigenvalue weighted by Gasteiger charge is 2.34. The van der Waals surface area contributed by atoms with E-state index in [4.69, 9.17) is 10.2 Å². The molecule has 0 radical (unpaired) electrons. The smallest absolute Gasteiger partial charge is 0.274 e. The standard InChI is InChI=1S/C24H29N5O3/c1-14-10-16(11-15-6-8-17(9-7-15)23(30)28-32)12-19(14)21-26-22-20(24(31)27-21)13-25-29(22)18-4-2-3-5-18/h6-9,13-14,16,18-19,32H,2-5,10-12H2,1H3,(H,28,30)(H,26,27,31)/t14-,16?,19-/m1/s1. The van der Waals surface area contributed by atoms with Gasteiger partial charge in [0.1, 0.15) is 11.2 Å². The minimum absolute atomic E-state index is 0.0948. The number of amides is 1. The molecule has 2 aliphatic rings. The first-order valence-electron chi connectivity index (χ1n) is 11.5. The summed E-state index contributed by atoms with van der Waals surface area (Å²) >= 11 is 0. The van der Waals surface area contributed by atoms with Crippen molar-refractivity contribution in [2.75, 3.05) is 0 Å². The quantitative estimate of drug-likeness (QED) is 0.418. The number of hydrogen-bond donors (Lipinski definition) is 3. The molecule has 32 heavy (non-hydrogen) atoms. The number of aromatic nitrogens is 4. The molecule has 168 valence electrons. The van der Waals surface area contributed by atoms with Gasteiger partial charge in [0.05, 0.1) is 12.2 Å². The number of H-pyrrole nitrogens is 1. The molecule has 2 heterocycles. The zero-order chi connectivity index (χ0) is 22.2. The molecule has 8 nitrogen and oxygen atoms in total. The van der Waals surface area contributed by atoms with Crippen molar-refractivity contribution < 1.29 is 10.0 Å². The van der Waals surface area contributed by atoms with Crippen molar-refractivity contribution >= 4 is 16.9 Å². The van der Waals surface area contributed by atoms with Gasteiger partial charge in [-0.15, -0.1) is 0 Å². The van der Waals surface area contributed by atoms with Crippen LogP contribution >= 0.6 is 0 Å². The maximum absolute atomic E-state index is 12.8. The molecule has 1 unspecified atom stereocenters. The van der Waals surface area contributed by atoms with Crippen LogP contribution in [-0.2, 0) is 6.42 Å². The van der Waals surface area contributed by atoms with E-state index in [2.05, 4.69) is 17.0 Å². The predicted octanol–water partition coefficient (Wildman–Crippen LogP) is 3.73. The molecule has 2 aliphatic carbocycles. The van der Waals surface area contributed by atoms with Crippen molar-refractivity contribution in [1.29, 1.82) is 0 Å². The van der Waals surface area contributed by atoms with Gasteiger partial charge >= 0.3 is 0 Å². The molecular weight excluding hydrogens is 406 g/mol. The topological polar surface area (TPSA) is 113 Å². The summed E-state index contributed by atoms with van der Waals surface area (Å²) in [4.78, 5) is 32.3. The maximum Gasteiger partial charge on any atom is 0.274 e.